The lowest BCUT2D eigenvalue weighted by atomic mass is 10.1. The molecule has 2 aromatic carbocycles. The van der Waals surface area contributed by atoms with Crippen molar-refractivity contribution < 1.29 is 38.8 Å². The molecule has 8 rings (SSSR count). The Labute approximate surface area is 293 Å². The van der Waals surface area contributed by atoms with E-state index in [1.807, 2.05) is 11.8 Å². The number of sulfonamides is 1. The van der Waals surface area contributed by atoms with Gasteiger partial charge in [-0.3, -0.25) is 4.72 Å². The molecule has 0 spiro atoms. The third-order valence-corrected chi connectivity index (χ3v) is 14.3. The molecular weight excluding hydrogens is 738 g/mol. The van der Waals surface area contributed by atoms with Crippen LogP contribution in [0.15, 0.2) is 53.6 Å². The van der Waals surface area contributed by atoms with Gasteiger partial charge in [-0.05, 0) is 62.1 Å². The van der Waals surface area contributed by atoms with E-state index in [0.29, 0.717) is 27.8 Å². The Bertz CT molecular complexity index is 2240. The van der Waals surface area contributed by atoms with Gasteiger partial charge in [-0.15, -0.1) is 0 Å². The number of likely N-dealkylation sites (N-methyl/N-ethyl adjacent to an activating group) is 1. The fourth-order valence-electron chi connectivity index (χ4n) is 7.67. The molecule has 4 fully saturated rings. The number of sulfone groups is 1. The van der Waals surface area contributed by atoms with Gasteiger partial charge in [0.1, 0.15) is 10.7 Å². The van der Waals surface area contributed by atoms with E-state index in [4.69, 9.17) is 4.98 Å². The molecule has 5 heterocycles. The second-order valence-corrected chi connectivity index (χ2v) is 18.2. The molecule has 0 radical (unpaired) electrons. The van der Waals surface area contributed by atoms with Gasteiger partial charge in [-0.2, -0.15) is 13.2 Å². The van der Waals surface area contributed by atoms with E-state index in [-0.39, 0.29) is 58.7 Å². The molecule has 2 N–H and O–H groups in total. The number of piperazine rings is 1. The third kappa shape index (κ3) is 6.20. The van der Waals surface area contributed by atoms with Crippen LogP contribution in [0.5, 0.6) is 0 Å². The van der Waals surface area contributed by atoms with E-state index in [1.165, 1.54) is 29.7 Å². The van der Waals surface area contributed by atoms with Gasteiger partial charge in [-0.25, -0.2) is 40.6 Å². The van der Waals surface area contributed by atoms with Crippen LogP contribution < -0.4 is 14.9 Å². The molecule has 270 valence electrons. The number of halogens is 5. The predicted molar refractivity (Wildman–Crippen MR) is 181 cm³/mol. The lowest BCUT2D eigenvalue weighted by Gasteiger charge is -2.39. The first-order valence-corrected chi connectivity index (χ1v) is 20.2. The molecule has 3 unspecified atom stereocenters. The highest BCUT2D eigenvalue weighted by atomic mass is 32.2. The van der Waals surface area contributed by atoms with Gasteiger partial charge >= 0.3 is 6.18 Å². The summed E-state index contributed by atoms with van der Waals surface area (Å²) < 4.78 is 124. The average molecular weight is 768 g/mol. The predicted octanol–water partition coefficient (Wildman–Crippen LogP) is 5.10. The van der Waals surface area contributed by atoms with Crippen LogP contribution in [-0.4, -0.2) is 86.5 Å². The molecule has 5 atom stereocenters. The van der Waals surface area contributed by atoms with Gasteiger partial charge in [0.05, 0.1) is 39.0 Å². The quantitative estimate of drug-likeness (QED) is 0.233. The summed E-state index contributed by atoms with van der Waals surface area (Å²) in [5.41, 5.74) is -2.10. The third-order valence-electron chi connectivity index (χ3n) is 9.95. The molecule has 3 saturated heterocycles. The zero-order chi connectivity index (χ0) is 36.0. The van der Waals surface area contributed by atoms with Gasteiger partial charge < -0.3 is 15.1 Å². The Hall–Kier alpha value is -3.94. The molecule has 3 aliphatic heterocycles. The minimum atomic E-state index is -5.27. The highest BCUT2D eigenvalue weighted by Crippen LogP contribution is 2.49. The van der Waals surface area contributed by atoms with Crippen LogP contribution in [0.4, 0.5) is 38.7 Å². The molecule has 2 bridgehead atoms. The van der Waals surface area contributed by atoms with Crippen molar-refractivity contribution in [3.05, 3.63) is 65.9 Å². The van der Waals surface area contributed by atoms with Gasteiger partial charge in [0.25, 0.3) is 10.0 Å². The van der Waals surface area contributed by atoms with E-state index < -0.39 is 53.8 Å². The monoisotopic (exact) mass is 767 g/mol. The molecule has 1 aliphatic carbocycles. The number of rotatable bonds is 8. The number of fused-ring (bicyclic) bond motifs is 3. The van der Waals surface area contributed by atoms with E-state index in [1.54, 1.807) is 6.07 Å². The first-order valence-electron chi connectivity index (χ1n) is 16.0. The Morgan fingerprint density at radius 3 is 2.33 bits per heavy atom. The summed E-state index contributed by atoms with van der Waals surface area (Å²) in [6, 6.07) is 7.27. The molecule has 4 aromatic rings. The topological polar surface area (TPSA) is 137 Å². The number of hydrogen-bond donors (Lipinski definition) is 2. The molecule has 2 aromatic heterocycles. The highest BCUT2D eigenvalue weighted by molar-refractivity contribution is 7.92. The first-order chi connectivity index (χ1) is 24.1. The summed E-state index contributed by atoms with van der Waals surface area (Å²) >= 11 is 1.27. The van der Waals surface area contributed by atoms with Crippen LogP contribution >= 0.6 is 11.3 Å². The van der Waals surface area contributed by atoms with Crippen molar-refractivity contribution in [2.24, 2.45) is 11.8 Å². The molecule has 19 heteroatoms. The maximum atomic E-state index is 16.5. The summed E-state index contributed by atoms with van der Waals surface area (Å²) in [5.74, 6) is -2.40. The average Bonchev–Trinajstić information content (AvgIpc) is 3.35. The number of nitrogens with one attached hydrogen (secondary N) is 2. The van der Waals surface area contributed by atoms with Crippen LogP contribution in [-0.2, 0) is 26.0 Å². The Morgan fingerprint density at radius 1 is 0.961 bits per heavy atom. The van der Waals surface area contributed by atoms with Crippen molar-refractivity contribution in [3.8, 4) is 21.8 Å². The SMILES string of the molecule is CN1CC2CCC(C1)N2c1nc(-c2cccc(NS(=O)(=O)c3c(F)cccc3C(F)(F)F)c2F)c(-c2ccnc(NC3[C@H]4CS(=O)(=O)C[C@@H]34)n2)s1. The van der Waals surface area contributed by atoms with E-state index in [0.717, 1.165) is 38.1 Å². The van der Waals surface area contributed by atoms with Crippen molar-refractivity contribution in [3.63, 3.8) is 0 Å². The van der Waals surface area contributed by atoms with Crippen molar-refractivity contribution in [2.45, 2.75) is 42.0 Å². The molecule has 4 aliphatic rings. The molecule has 1 saturated carbocycles. The van der Waals surface area contributed by atoms with Crippen LogP contribution in [0.1, 0.15) is 18.4 Å². The van der Waals surface area contributed by atoms with E-state index >= 15 is 4.39 Å². The van der Waals surface area contributed by atoms with Crippen molar-refractivity contribution >= 4 is 48.0 Å². The number of likely N-dealkylation sites (tertiary alicyclic amines) is 1. The zero-order valence-corrected chi connectivity index (χ0v) is 29.2. The summed E-state index contributed by atoms with van der Waals surface area (Å²) in [5, 5.41) is 3.83. The molecule has 51 heavy (non-hydrogen) atoms. The minimum Gasteiger partial charge on any atom is -0.351 e. The minimum absolute atomic E-state index is 0.0299. The van der Waals surface area contributed by atoms with Crippen LogP contribution in [0.3, 0.4) is 0 Å². The molecular formula is C32H30F5N7O4S3. The molecule has 0 amide bonds. The standard InChI is InChI=1S/C32H30F5N7O4S3/c1-43-12-16-8-9-17(13-43)44(16)31-41-27(28(49-31)24-10-11-38-30(39-24)40-26-19-14-50(45,46)15-20(19)26)18-4-2-7-23(25(18)34)42-51(47,48)29-21(32(35,36)37)5-3-6-22(29)33/h2-7,10-11,16-17,19-20,26,42H,8-9,12-15H2,1H3,(H,38,39,40)/t16?,17?,19-,20+,26?. The number of anilines is 3. The Balaban J connectivity index is 1.18. The van der Waals surface area contributed by atoms with Crippen molar-refractivity contribution in [1.29, 1.82) is 0 Å². The van der Waals surface area contributed by atoms with E-state index in [9.17, 15) is 34.4 Å². The summed E-state index contributed by atoms with van der Waals surface area (Å²) in [7, 11) is -6.29. The molecule has 11 nitrogen and oxygen atoms in total. The Kier molecular flexibility index (Phi) is 8.08. The maximum Gasteiger partial charge on any atom is 0.417 e. The lowest BCUT2D eigenvalue weighted by Crippen LogP contribution is -2.52. The number of aromatic nitrogens is 3. The number of benzene rings is 2. The van der Waals surface area contributed by atoms with Gasteiger partial charge in [0.2, 0.25) is 5.95 Å². The van der Waals surface area contributed by atoms with E-state index in [2.05, 4.69) is 25.1 Å². The number of hydrogen-bond acceptors (Lipinski definition) is 11. The normalized spacial score (nSPS) is 25.5. The number of nitrogens with zero attached hydrogens (tertiary/aromatic N) is 5. The second kappa shape index (κ2) is 12.1. The van der Waals surface area contributed by atoms with Gasteiger partial charge in [0.15, 0.2) is 20.8 Å². The second-order valence-electron chi connectivity index (χ2n) is 13.4. The first kappa shape index (κ1) is 34.2. The smallest absolute Gasteiger partial charge is 0.351 e. The summed E-state index contributed by atoms with van der Waals surface area (Å²) in [6.07, 6.45) is -1.83. The maximum absolute atomic E-state index is 16.5. The van der Waals surface area contributed by atoms with Crippen molar-refractivity contribution in [1.82, 2.24) is 19.9 Å². The Morgan fingerprint density at radius 2 is 1.65 bits per heavy atom. The van der Waals surface area contributed by atoms with Crippen molar-refractivity contribution in [2.75, 3.05) is 46.6 Å². The number of alkyl halides is 3. The van der Waals surface area contributed by atoms with Gasteiger partial charge in [0, 0.05) is 43.0 Å². The van der Waals surface area contributed by atoms with Crippen LogP contribution in [0.2, 0.25) is 0 Å². The van der Waals surface area contributed by atoms with Crippen LogP contribution in [0, 0.1) is 23.5 Å². The highest BCUT2D eigenvalue weighted by Gasteiger charge is 2.59. The van der Waals surface area contributed by atoms with Crippen LogP contribution in [0.25, 0.3) is 21.8 Å². The summed E-state index contributed by atoms with van der Waals surface area (Å²) in [4.78, 5) is 17.1. The number of thiazole rings is 1. The zero-order valence-electron chi connectivity index (χ0n) is 26.7. The fraction of sp³-hybridized carbons (Fsp3) is 0.406. The lowest BCUT2D eigenvalue weighted by molar-refractivity contribution is -0.140. The fourth-order valence-corrected chi connectivity index (χ4v) is 12.4. The van der Waals surface area contributed by atoms with Gasteiger partial charge in [-0.1, -0.05) is 23.5 Å². The largest absolute Gasteiger partial charge is 0.417 e. The summed E-state index contributed by atoms with van der Waals surface area (Å²) in [6.45, 7) is 1.59.